The molecule has 0 aromatic carbocycles. The van der Waals surface area contributed by atoms with Crippen molar-refractivity contribution in [1.29, 1.82) is 0 Å². The zero-order valence-electron chi connectivity index (χ0n) is 21.5. The molecule has 0 aliphatic carbocycles. The van der Waals surface area contributed by atoms with Crippen LogP contribution in [0.1, 0.15) is 58.3 Å². The van der Waals surface area contributed by atoms with Crippen molar-refractivity contribution in [1.82, 2.24) is 0 Å². The molecule has 216 valence electrons. The highest BCUT2D eigenvalue weighted by Crippen LogP contribution is 2.43. The first-order valence-corrected chi connectivity index (χ1v) is 13.9. The molecule has 0 radical (unpaired) electrons. The zero-order valence-corrected chi connectivity index (χ0v) is 22.4. The number of ether oxygens (including phenoxy) is 3. The lowest BCUT2D eigenvalue weighted by atomic mass is 10.1. The van der Waals surface area contributed by atoms with Crippen LogP contribution in [0.5, 0.6) is 0 Å². The Balaban J connectivity index is 3.75. The predicted molar refractivity (Wildman–Crippen MR) is 133 cm³/mol. The van der Waals surface area contributed by atoms with Gasteiger partial charge in [-0.2, -0.15) is 0 Å². The zero-order chi connectivity index (χ0) is 27.9. The number of unbranched alkanes of at least 4 members (excludes halogenated alkanes) is 5. The molecule has 13 nitrogen and oxygen atoms in total. The summed E-state index contributed by atoms with van der Waals surface area (Å²) in [6.45, 7) is 2.30. The number of nitrogens with two attached hydrogens (primary N) is 1. The van der Waals surface area contributed by atoms with Crippen LogP contribution >= 0.6 is 7.82 Å². The molecule has 0 saturated carbocycles. The molecular formula is C23H42NO12P. The minimum Gasteiger partial charge on any atom is -0.480 e. The Labute approximate surface area is 217 Å². The number of aliphatic hydroxyl groups excluding tert-OH is 1. The maximum absolute atomic E-state index is 11.8. The topological polar surface area (TPSA) is 201 Å². The van der Waals surface area contributed by atoms with Crippen molar-refractivity contribution in [2.75, 3.05) is 46.2 Å². The quantitative estimate of drug-likeness (QED) is 0.0417. The van der Waals surface area contributed by atoms with Crippen molar-refractivity contribution in [3.05, 3.63) is 12.2 Å². The molecule has 0 aromatic heterocycles. The second-order valence-electron chi connectivity index (χ2n) is 8.17. The number of Topliss-reactive ketones (excluding diaryl/α,β-unsaturated/α-hetero) is 1. The van der Waals surface area contributed by atoms with Crippen LogP contribution in [0.4, 0.5) is 0 Å². The normalized spacial score (nSPS) is 14.8. The molecule has 0 bridgehead atoms. The number of rotatable bonds is 25. The Bertz CT molecular complexity index is 718. The summed E-state index contributed by atoms with van der Waals surface area (Å²) in [5.41, 5.74) is 5.13. The molecule has 14 heteroatoms. The highest BCUT2D eigenvalue weighted by Gasteiger charge is 2.26. The molecule has 0 fully saturated rings. The smallest absolute Gasteiger partial charge is 0.472 e. The van der Waals surface area contributed by atoms with Crippen molar-refractivity contribution >= 4 is 25.5 Å². The van der Waals surface area contributed by atoms with Crippen LogP contribution in [0.15, 0.2) is 12.2 Å². The summed E-state index contributed by atoms with van der Waals surface area (Å²) in [6.07, 6.45) is 8.85. The number of hydrogen-bond donors (Lipinski definition) is 4. The largest absolute Gasteiger partial charge is 0.480 e. The van der Waals surface area contributed by atoms with Crippen LogP contribution in [0.3, 0.4) is 0 Å². The molecule has 0 amide bonds. The van der Waals surface area contributed by atoms with Gasteiger partial charge in [0.2, 0.25) is 5.78 Å². The summed E-state index contributed by atoms with van der Waals surface area (Å²) >= 11 is 0. The van der Waals surface area contributed by atoms with Crippen LogP contribution in [0, 0.1) is 0 Å². The van der Waals surface area contributed by atoms with Gasteiger partial charge in [0.15, 0.2) is 0 Å². The minimum absolute atomic E-state index is 0.0234. The lowest BCUT2D eigenvalue weighted by molar-refractivity contribution is -0.156. The van der Waals surface area contributed by atoms with E-state index < -0.39 is 57.5 Å². The Morgan fingerprint density at radius 1 is 0.892 bits per heavy atom. The van der Waals surface area contributed by atoms with Gasteiger partial charge >= 0.3 is 19.8 Å². The van der Waals surface area contributed by atoms with Crippen LogP contribution in [-0.2, 0) is 42.2 Å². The van der Waals surface area contributed by atoms with Crippen molar-refractivity contribution in [2.45, 2.75) is 70.4 Å². The molecule has 0 aromatic rings. The lowest BCUT2D eigenvalue weighted by Gasteiger charge is -2.16. The summed E-state index contributed by atoms with van der Waals surface area (Å²) in [6, 6.07) is -1.54. The first-order valence-electron chi connectivity index (χ1n) is 12.4. The second kappa shape index (κ2) is 22.3. The molecule has 0 spiro atoms. The van der Waals surface area contributed by atoms with E-state index in [2.05, 4.69) is 20.7 Å². The number of carbonyl (C=O) groups is 3. The SMILES string of the molecule is CCCCCCOC/C=C\COCCCCCC(=O)C(=O)OC[C@@H](O)COP(=O)(O)OC[C@H](N)C(=O)O. The molecule has 1 unspecified atom stereocenters. The number of carboxylic acids is 1. The summed E-state index contributed by atoms with van der Waals surface area (Å²) in [5.74, 6) is -3.34. The third-order valence-corrected chi connectivity index (χ3v) is 5.68. The molecule has 0 aliphatic rings. The van der Waals surface area contributed by atoms with Gasteiger partial charge in [0.25, 0.3) is 0 Å². The van der Waals surface area contributed by atoms with Gasteiger partial charge in [0.05, 0.1) is 26.4 Å². The molecule has 0 heterocycles. The summed E-state index contributed by atoms with van der Waals surface area (Å²) in [5, 5.41) is 18.3. The van der Waals surface area contributed by atoms with E-state index in [-0.39, 0.29) is 6.42 Å². The molecule has 37 heavy (non-hydrogen) atoms. The van der Waals surface area contributed by atoms with Crippen LogP contribution < -0.4 is 5.73 Å². The van der Waals surface area contributed by atoms with Gasteiger partial charge in [0, 0.05) is 19.6 Å². The number of aliphatic hydroxyl groups is 1. The van der Waals surface area contributed by atoms with Crippen LogP contribution in [-0.4, -0.2) is 91.2 Å². The Morgan fingerprint density at radius 3 is 2.03 bits per heavy atom. The van der Waals surface area contributed by atoms with E-state index in [1.54, 1.807) is 0 Å². The van der Waals surface area contributed by atoms with E-state index in [0.717, 1.165) is 19.4 Å². The molecule has 0 aliphatic heterocycles. The van der Waals surface area contributed by atoms with Crippen LogP contribution in [0.2, 0.25) is 0 Å². The van der Waals surface area contributed by atoms with Gasteiger partial charge in [0.1, 0.15) is 18.8 Å². The van der Waals surface area contributed by atoms with Gasteiger partial charge in [-0.15, -0.1) is 0 Å². The number of carboxylic acid groups (broad SMARTS) is 1. The number of hydrogen-bond acceptors (Lipinski definition) is 11. The maximum atomic E-state index is 11.8. The maximum Gasteiger partial charge on any atom is 0.472 e. The van der Waals surface area contributed by atoms with E-state index in [1.165, 1.54) is 19.3 Å². The average Bonchev–Trinajstić information content (AvgIpc) is 2.86. The van der Waals surface area contributed by atoms with Gasteiger partial charge in [-0.3, -0.25) is 18.6 Å². The number of phosphoric ester groups is 1. The average molecular weight is 556 g/mol. The van der Waals surface area contributed by atoms with Crippen molar-refractivity contribution in [3.63, 3.8) is 0 Å². The first-order chi connectivity index (χ1) is 17.6. The second-order valence-corrected chi connectivity index (χ2v) is 9.63. The summed E-state index contributed by atoms with van der Waals surface area (Å²) < 4.78 is 36.0. The predicted octanol–water partition coefficient (Wildman–Crippen LogP) is 1.74. The fourth-order valence-electron chi connectivity index (χ4n) is 2.60. The van der Waals surface area contributed by atoms with E-state index in [1.807, 2.05) is 12.2 Å². The van der Waals surface area contributed by atoms with E-state index in [0.29, 0.717) is 32.7 Å². The first kappa shape index (κ1) is 35.3. The van der Waals surface area contributed by atoms with Gasteiger partial charge in [-0.05, 0) is 19.3 Å². The Morgan fingerprint density at radius 2 is 1.46 bits per heavy atom. The van der Waals surface area contributed by atoms with Gasteiger partial charge in [-0.1, -0.05) is 44.8 Å². The van der Waals surface area contributed by atoms with Crippen molar-refractivity contribution < 1.29 is 57.3 Å². The third kappa shape index (κ3) is 22.0. The van der Waals surface area contributed by atoms with E-state index in [4.69, 9.17) is 20.3 Å². The summed E-state index contributed by atoms with van der Waals surface area (Å²) in [7, 11) is -4.68. The van der Waals surface area contributed by atoms with E-state index >= 15 is 0 Å². The minimum atomic E-state index is -4.68. The van der Waals surface area contributed by atoms with Crippen LogP contribution in [0.25, 0.3) is 0 Å². The van der Waals surface area contributed by atoms with Crippen molar-refractivity contribution in [2.24, 2.45) is 5.73 Å². The highest BCUT2D eigenvalue weighted by atomic mass is 31.2. The Kier molecular flexibility index (Phi) is 21.3. The molecule has 3 atom stereocenters. The standard InChI is InChI=1S/C23H42NO12P/c1-2-3-4-7-12-32-14-9-10-15-33-13-8-5-6-11-21(26)23(29)34-16-19(25)17-35-37(30,31)36-18-20(24)22(27)28/h9-10,19-20,25H,2-8,11-18,24H2,1H3,(H,27,28)(H,30,31)/b10-9-/t19-,20+/m1/s1. The lowest BCUT2D eigenvalue weighted by Crippen LogP contribution is -2.34. The third-order valence-electron chi connectivity index (χ3n) is 4.73. The Hall–Kier alpha value is -1.70. The van der Waals surface area contributed by atoms with Gasteiger partial charge in [-0.25, -0.2) is 9.36 Å². The number of ketones is 1. The molecule has 5 N–H and O–H groups in total. The monoisotopic (exact) mass is 555 g/mol. The van der Waals surface area contributed by atoms with Crippen molar-refractivity contribution in [3.8, 4) is 0 Å². The summed E-state index contributed by atoms with van der Waals surface area (Å²) in [4.78, 5) is 43.4. The van der Waals surface area contributed by atoms with Gasteiger partial charge < -0.3 is 35.1 Å². The molecule has 0 saturated heterocycles. The molecular weight excluding hydrogens is 513 g/mol. The number of esters is 1. The fraction of sp³-hybridized carbons (Fsp3) is 0.783. The highest BCUT2D eigenvalue weighted by molar-refractivity contribution is 7.47. The number of phosphoric acid groups is 1. The van der Waals surface area contributed by atoms with E-state index in [9.17, 15) is 28.9 Å². The molecule has 0 rings (SSSR count). The number of carbonyl (C=O) groups excluding carboxylic acids is 2. The number of aliphatic carboxylic acids is 1. The fourth-order valence-corrected chi connectivity index (χ4v) is 3.39.